The highest BCUT2D eigenvalue weighted by Gasteiger charge is 2.06. The molecule has 0 saturated heterocycles. The minimum Gasteiger partial charge on any atom is -0.496 e. The SMILES string of the molecule is COc1ccc(Br)cc1-c1cc[c]c(C)c1. The van der Waals surface area contributed by atoms with E-state index in [1.165, 1.54) is 0 Å². The standard InChI is InChI=1S/C14H12BrO/c1-10-4-3-5-11(8-10)13-9-12(15)6-7-14(13)16-2/h3,5-9H,1-2H3. The van der Waals surface area contributed by atoms with Crippen LogP contribution in [0.15, 0.2) is 40.9 Å². The first-order valence-corrected chi connectivity index (χ1v) is 5.82. The fourth-order valence-corrected chi connectivity index (χ4v) is 2.02. The predicted octanol–water partition coefficient (Wildman–Crippen LogP) is 4.23. The maximum atomic E-state index is 5.36. The summed E-state index contributed by atoms with van der Waals surface area (Å²) in [4.78, 5) is 0. The van der Waals surface area contributed by atoms with Crippen molar-refractivity contribution in [1.29, 1.82) is 0 Å². The molecule has 2 rings (SSSR count). The lowest BCUT2D eigenvalue weighted by Gasteiger charge is -2.09. The summed E-state index contributed by atoms with van der Waals surface area (Å²) >= 11 is 3.48. The van der Waals surface area contributed by atoms with E-state index >= 15 is 0 Å². The van der Waals surface area contributed by atoms with Gasteiger partial charge in [0.05, 0.1) is 7.11 Å². The van der Waals surface area contributed by atoms with Crippen molar-refractivity contribution in [3.05, 3.63) is 52.5 Å². The quantitative estimate of drug-likeness (QED) is 0.797. The van der Waals surface area contributed by atoms with E-state index in [9.17, 15) is 0 Å². The van der Waals surface area contributed by atoms with Crippen molar-refractivity contribution in [3.8, 4) is 16.9 Å². The number of rotatable bonds is 2. The molecule has 1 nitrogen and oxygen atoms in total. The fourth-order valence-electron chi connectivity index (χ4n) is 1.66. The zero-order valence-electron chi connectivity index (χ0n) is 9.25. The number of hydrogen-bond donors (Lipinski definition) is 0. The Morgan fingerprint density at radius 3 is 2.69 bits per heavy atom. The highest BCUT2D eigenvalue weighted by atomic mass is 79.9. The van der Waals surface area contributed by atoms with Gasteiger partial charge in [0.2, 0.25) is 0 Å². The van der Waals surface area contributed by atoms with Gasteiger partial charge in [0.1, 0.15) is 5.75 Å². The topological polar surface area (TPSA) is 9.23 Å². The number of hydrogen-bond acceptors (Lipinski definition) is 1. The molecule has 0 N–H and O–H groups in total. The van der Waals surface area contributed by atoms with Gasteiger partial charge in [-0.05, 0) is 42.3 Å². The summed E-state index contributed by atoms with van der Waals surface area (Å²) in [6.07, 6.45) is 0. The molecule has 16 heavy (non-hydrogen) atoms. The van der Waals surface area contributed by atoms with E-state index in [1.807, 2.05) is 31.2 Å². The van der Waals surface area contributed by atoms with Gasteiger partial charge in [-0.2, -0.15) is 0 Å². The predicted molar refractivity (Wildman–Crippen MR) is 69.7 cm³/mol. The van der Waals surface area contributed by atoms with E-state index in [2.05, 4.69) is 34.1 Å². The summed E-state index contributed by atoms with van der Waals surface area (Å²) in [6.45, 7) is 2.04. The van der Waals surface area contributed by atoms with E-state index in [1.54, 1.807) is 7.11 Å². The van der Waals surface area contributed by atoms with Crippen molar-refractivity contribution in [2.24, 2.45) is 0 Å². The molecule has 0 spiro atoms. The molecular weight excluding hydrogens is 264 g/mol. The average Bonchev–Trinajstić information content (AvgIpc) is 2.29. The maximum absolute atomic E-state index is 5.36. The molecule has 2 aromatic carbocycles. The fraction of sp³-hybridized carbons (Fsp3) is 0.143. The van der Waals surface area contributed by atoms with Crippen molar-refractivity contribution in [2.45, 2.75) is 6.92 Å². The molecule has 0 saturated carbocycles. The maximum Gasteiger partial charge on any atom is 0.126 e. The number of methoxy groups -OCH3 is 1. The van der Waals surface area contributed by atoms with Gasteiger partial charge in [0.15, 0.2) is 0 Å². The van der Waals surface area contributed by atoms with Crippen LogP contribution < -0.4 is 4.74 Å². The summed E-state index contributed by atoms with van der Waals surface area (Å²) in [7, 11) is 1.69. The molecular formula is C14H12BrO. The summed E-state index contributed by atoms with van der Waals surface area (Å²) < 4.78 is 6.41. The monoisotopic (exact) mass is 275 g/mol. The Morgan fingerprint density at radius 1 is 1.19 bits per heavy atom. The van der Waals surface area contributed by atoms with Crippen LogP contribution >= 0.6 is 15.9 Å². The van der Waals surface area contributed by atoms with Crippen LogP contribution in [0.3, 0.4) is 0 Å². The van der Waals surface area contributed by atoms with Crippen LogP contribution in [0.25, 0.3) is 11.1 Å². The molecule has 0 bridgehead atoms. The molecule has 0 amide bonds. The first-order chi connectivity index (χ1) is 7.70. The number of benzene rings is 2. The Bertz CT molecular complexity index is 506. The Kier molecular flexibility index (Phi) is 3.30. The van der Waals surface area contributed by atoms with Gasteiger partial charge < -0.3 is 4.74 Å². The Balaban J connectivity index is 2.58. The second-order valence-corrected chi connectivity index (χ2v) is 4.52. The van der Waals surface area contributed by atoms with Gasteiger partial charge >= 0.3 is 0 Å². The zero-order valence-corrected chi connectivity index (χ0v) is 10.8. The molecule has 0 fully saturated rings. The molecule has 81 valence electrons. The number of ether oxygens (including phenoxy) is 1. The van der Waals surface area contributed by atoms with Crippen LogP contribution in [0, 0.1) is 13.0 Å². The van der Waals surface area contributed by atoms with Crippen LogP contribution in [0.1, 0.15) is 5.56 Å². The lowest BCUT2D eigenvalue weighted by atomic mass is 10.0. The van der Waals surface area contributed by atoms with Gasteiger partial charge in [0.25, 0.3) is 0 Å². The first kappa shape index (κ1) is 11.2. The molecule has 2 heteroatoms. The molecule has 0 aromatic heterocycles. The van der Waals surface area contributed by atoms with E-state index < -0.39 is 0 Å². The molecule has 0 aliphatic heterocycles. The summed E-state index contributed by atoms with van der Waals surface area (Å²) in [5, 5.41) is 0. The highest BCUT2D eigenvalue weighted by Crippen LogP contribution is 2.32. The van der Waals surface area contributed by atoms with Crippen LogP contribution in [0.2, 0.25) is 0 Å². The molecule has 0 atom stereocenters. The van der Waals surface area contributed by atoms with Crippen LogP contribution in [0.4, 0.5) is 0 Å². The molecule has 1 radical (unpaired) electrons. The Hall–Kier alpha value is -1.28. The van der Waals surface area contributed by atoms with Crippen molar-refractivity contribution in [3.63, 3.8) is 0 Å². The van der Waals surface area contributed by atoms with Gasteiger partial charge in [-0.25, -0.2) is 0 Å². The Labute approximate surface area is 104 Å². The van der Waals surface area contributed by atoms with Gasteiger partial charge in [0, 0.05) is 10.0 Å². The van der Waals surface area contributed by atoms with Gasteiger partial charge in [-0.1, -0.05) is 34.1 Å². The molecule has 0 aliphatic carbocycles. The summed E-state index contributed by atoms with van der Waals surface area (Å²) in [5.74, 6) is 0.883. The molecule has 2 aromatic rings. The minimum absolute atomic E-state index is 0.883. The third-order valence-corrected chi connectivity index (χ3v) is 2.91. The van der Waals surface area contributed by atoms with E-state index in [0.717, 1.165) is 26.9 Å². The van der Waals surface area contributed by atoms with Crippen molar-refractivity contribution >= 4 is 15.9 Å². The van der Waals surface area contributed by atoms with E-state index in [-0.39, 0.29) is 0 Å². The second kappa shape index (κ2) is 4.71. The van der Waals surface area contributed by atoms with Crippen molar-refractivity contribution in [1.82, 2.24) is 0 Å². The lowest BCUT2D eigenvalue weighted by Crippen LogP contribution is -1.88. The molecule has 0 heterocycles. The zero-order chi connectivity index (χ0) is 11.5. The Morgan fingerprint density at radius 2 is 2.00 bits per heavy atom. The second-order valence-electron chi connectivity index (χ2n) is 3.60. The smallest absolute Gasteiger partial charge is 0.126 e. The third-order valence-electron chi connectivity index (χ3n) is 2.42. The van der Waals surface area contributed by atoms with Crippen LogP contribution in [0.5, 0.6) is 5.75 Å². The van der Waals surface area contributed by atoms with E-state index in [4.69, 9.17) is 4.74 Å². The normalized spacial score (nSPS) is 10.2. The lowest BCUT2D eigenvalue weighted by molar-refractivity contribution is 0.416. The van der Waals surface area contributed by atoms with Crippen molar-refractivity contribution in [2.75, 3.05) is 7.11 Å². The number of halogens is 1. The van der Waals surface area contributed by atoms with Gasteiger partial charge in [-0.15, -0.1) is 0 Å². The highest BCUT2D eigenvalue weighted by molar-refractivity contribution is 9.10. The van der Waals surface area contributed by atoms with Crippen molar-refractivity contribution < 1.29 is 4.74 Å². The largest absolute Gasteiger partial charge is 0.496 e. The van der Waals surface area contributed by atoms with Gasteiger partial charge in [-0.3, -0.25) is 0 Å². The number of aryl methyl sites for hydroxylation is 1. The third kappa shape index (κ3) is 2.27. The van der Waals surface area contributed by atoms with E-state index in [0.29, 0.717) is 0 Å². The first-order valence-electron chi connectivity index (χ1n) is 5.03. The molecule has 0 aliphatic rings. The van der Waals surface area contributed by atoms with Crippen LogP contribution in [-0.2, 0) is 0 Å². The summed E-state index contributed by atoms with van der Waals surface area (Å²) in [5.41, 5.74) is 3.36. The minimum atomic E-state index is 0.883. The average molecular weight is 276 g/mol. The summed E-state index contributed by atoms with van der Waals surface area (Å²) in [6, 6.07) is 15.2. The van der Waals surface area contributed by atoms with Crippen LogP contribution in [-0.4, -0.2) is 7.11 Å². The molecule has 0 unspecified atom stereocenters.